The second-order valence-corrected chi connectivity index (χ2v) is 6.30. The molecule has 0 saturated heterocycles. The van der Waals surface area contributed by atoms with E-state index in [2.05, 4.69) is 14.7 Å². The predicted octanol–water partition coefficient (Wildman–Crippen LogP) is 4.07. The van der Waals surface area contributed by atoms with E-state index in [4.69, 9.17) is 4.42 Å². The number of nitrogens with one attached hydrogen (secondary N) is 1. The molecule has 3 rings (SSSR count). The van der Waals surface area contributed by atoms with Crippen LogP contribution in [0.2, 0.25) is 0 Å². The van der Waals surface area contributed by atoms with Crippen LogP contribution in [0.3, 0.4) is 0 Å². The minimum absolute atomic E-state index is 0.0742. The maximum atomic E-state index is 12.2. The van der Waals surface area contributed by atoms with Gasteiger partial charge in [0.05, 0.1) is 0 Å². The first-order chi connectivity index (χ1) is 12.2. The number of carbonyl (C=O) groups is 1. The molecule has 0 aliphatic carbocycles. The van der Waals surface area contributed by atoms with Gasteiger partial charge in [-0.05, 0) is 18.4 Å². The van der Waals surface area contributed by atoms with Gasteiger partial charge in [-0.2, -0.15) is 14.6 Å². The van der Waals surface area contributed by atoms with Gasteiger partial charge in [-0.15, -0.1) is 0 Å². The van der Waals surface area contributed by atoms with Gasteiger partial charge in [0.2, 0.25) is 10.3 Å². The number of amides is 1. The van der Waals surface area contributed by atoms with E-state index in [1.165, 1.54) is 17.8 Å². The van der Waals surface area contributed by atoms with Crippen molar-refractivity contribution in [3.05, 3.63) is 53.8 Å². The molecule has 0 radical (unpaired) electrons. The fourth-order valence-electron chi connectivity index (χ4n) is 1.99. The van der Waals surface area contributed by atoms with Crippen LogP contribution in [0.4, 0.5) is 5.13 Å². The standard InChI is InChI=1S/C17H12N4O2S2/c1-24-17-20-16(25-21-17)19-15(22)12(10-18)9-13-7-8-14(23-13)11-5-3-2-4-6-11/h2-9H,1H3,(H,19,20,21,22)/b12-9-. The molecule has 2 aromatic heterocycles. The molecule has 1 aromatic carbocycles. The maximum absolute atomic E-state index is 12.2. The summed E-state index contributed by atoms with van der Waals surface area (Å²) < 4.78 is 9.74. The van der Waals surface area contributed by atoms with Gasteiger partial charge in [0.15, 0.2) is 0 Å². The molecule has 0 saturated carbocycles. The normalized spacial score (nSPS) is 11.1. The lowest BCUT2D eigenvalue weighted by molar-refractivity contribution is -0.112. The monoisotopic (exact) mass is 368 g/mol. The predicted molar refractivity (Wildman–Crippen MR) is 98.1 cm³/mol. The quantitative estimate of drug-likeness (QED) is 0.415. The number of anilines is 1. The molecule has 2 heterocycles. The second kappa shape index (κ2) is 7.79. The number of hydrogen-bond acceptors (Lipinski definition) is 7. The smallest absolute Gasteiger partial charge is 0.268 e. The summed E-state index contributed by atoms with van der Waals surface area (Å²) in [7, 11) is 0. The number of carbonyl (C=O) groups excluding carboxylic acids is 1. The zero-order valence-electron chi connectivity index (χ0n) is 13.1. The van der Waals surface area contributed by atoms with E-state index >= 15 is 0 Å². The van der Waals surface area contributed by atoms with E-state index in [1.54, 1.807) is 12.1 Å². The zero-order valence-corrected chi connectivity index (χ0v) is 14.7. The van der Waals surface area contributed by atoms with Gasteiger partial charge >= 0.3 is 0 Å². The molecule has 0 aliphatic heterocycles. The summed E-state index contributed by atoms with van der Waals surface area (Å²) in [5, 5.41) is 12.7. The molecule has 0 aliphatic rings. The van der Waals surface area contributed by atoms with Crippen LogP contribution in [0, 0.1) is 11.3 Å². The highest BCUT2D eigenvalue weighted by Crippen LogP contribution is 2.23. The number of rotatable bonds is 5. The molecule has 124 valence electrons. The number of nitrogens with zero attached hydrogens (tertiary/aromatic N) is 3. The zero-order chi connectivity index (χ0) is 17.6. The third kappa shape index (κ3) is 4.15. The number of hydrogen-bond donors (Lipinski definition) is 1. The van der Waals surface area contributed by atoms with Gasteiger partial charge in [-0.3, -0.25) is 10.1 Å². The summed E-state index contributed by atoms with van der Waals surface area (Å²) in [5.74, 6) is 0.537. The van der Waals surface area contributed by atoms with Crippen LogP contribution in [0.25, 0.3) is 17.4 Å². The van der Waals surface area contributed by atoms with Crippen LogP contribution in [0.15, 0.2) is 57.6 Å². The van der Waals surface area contributed by atoms with Crippen LogP contribution < -0.4 is 5.32 Å². The Morgan fingerprint density at radius 1 is 1.32 bits per heavy atom. The molecule has 1 amide bonds. The van der Waals surface area contributed by atoms with E-state index in [9.17, 15) is 10.1 Å². The molecule has 3 aromatic rings. The van der Waals surface area contributed by atoms with Crippen molar-refractivity contribution in [2.45, 2.75) is 5.16 Å². The van der Waals surface area contributed by atoms with Gasteiger partial charge in [-0.25, -0.2) is 0 Å². The van der Waals surface area contributed by atoms with Crippen molar-refractivity contribution in [3.63, 3.8) is 0 Å². The molecule has 8 heteroatoms. The molecule has 0 spiro atoms. The Balaban J connectivity index is 1.77. The van der Waals surface area contributed by atoms with Crippen molar-refractivity contribution >= 4 is 40.4 Å². The van der Waals surface area contributed by atoms with Gasteiger partial charge in [0, 0.05) is 23.2 Å². The summed E-state index contributed by atoms with van der Waals surface area (Å²) in [6, 6.07) is 15.0. The van der Waals surface area contributed by atoms with Crippen LogP contribution in [-0.2, 0) is 4.79 Å². The van der Waals surface area contributed by atoms with Crippen LogP contribution in [0.1, 0.15) is 5.76 Å². The first-order valence-corrected chi connectivity index (χ1v) is 9.15. The number of benzene rings is 1. The third-order valence-electron chi connectivity index (χ3n) is 3.15. The number of nitriles is 1. The van der Waals surface area contributed by atoms with Crippen molar-refractivity contribution in [3.8, 4) is 17.4 Å². The van der Waals surface area contributed by atoms with Crippen LogP contribution in [-0.4, -0.2) is 21.5 Å². The summed E-state index contributed by atoms with van der Waals surface area (Å²) in [6.07, 6.45) is 3.24. The highest BCUT2D eigenvalue weighted by Gasteiger charge is 2.14. The van der Waals surface area contributed by atoms with Crippen molar-refractivity contribution < 1.29 is 9.21 Å². The van der Waals surface area contributed by atoms with Gasteiger partial charge < -0.3 is 4.42 Å². The number of aromatic nitrogens is 2. The molecule has 6 nitrogen and oxygen atoms in total. The van der Waals surface area contributed by atoms with Crippen LogP contribution >= 0.6 is 23.3 Å². The Hall–Kier alpha value is -2.89. The van der Waals surface area contributed by atoms with E-state index in [0.29, 0.717) is 21.8 Å². The third-order valence-corrected chi connectivity index (χ3v) is 4.44. The fourth-order valence-corrected chi connectivity index (χ4v) is 3.11. The lowest BCUT2D eigenvalue weighted by Crippen LogP contribution is -2.13. The van der Waals surface area contributed by atoms with Crippen molar-refractivity contribution in [2.75, 3.05) is 11.6 Å². The fraction of sp³-hybridized carbons (Fsp3) is 0.0588. The topological polar surface area (TPSA) is 91.8 Å². The Kier molecular flexibility index (Phi) is 5.28. The summed E-state index contributed by atoms with van der Waals surface area (Å²) in [6.45, 7) is 0. The average Bonchev–Trinajstić information content (AvgIpc) is 3.29. The summed E-state index contributed by atoms with van der Waals surface area (Å²) in [4.78, 5) is 16.3. The highest BCUT2D eigenvalue weighted by atomic mass is 32.2. The molecular formula is C17H12N4O2S2. The largest absolute Gasteiger partial charge is 0.457 e. The summed E-state index contributed by atoms with van der Waals surface area (Å²) in [5.41, 5.74) is 0.846. The molecular weight excluding hydrogens is 356 g/mol. The van der Waals surface area contributed by atoms with E-state index in [1.807, 2.05) is 42.7 Å². The van der Waals surface area contributed by atoms with E-state index < -0.39 is 5.91 Å². The maximum Gasteiger partial charge on any atom is 0.268 e. The first-order valence-electron chi connectivity index (χ1n) is 7.15. The van der Waals surface area contributed by atoms with Gasteiger partial charge in [0.1, 0.15) is 23.2 Å². The highest BCUT2D eigenvalue weighted by molar-refractivity contribution is 7.98. The lowest BCUT2D eigenvalue weighted by atomic mass is 10.2. The molecule has 0 atom stereocenters. The molecule has 0 fully saturated rings. The minimum atomic E-state index is -0.552. The molecule has 25 heavy (non-hydrogen) atoms. The van der Waals surface area contributed by atoms with Gasteiger partial charge in [0.25, 0.3) is 5.91 Å². The van der Waals surface area contributed by atoms with E-state index in [-0.39, 0.29) is 5.57 Å². The summed E-state index contributed by atoms with van der Waals surface area (Å²) >= 11 is 2.44. The second-order valence-electron chi connectivity index (χ2n) is 4.78. The lowest BCUT2D eigenvalue weighted by Gasteiger charge is -1.98. The Morgan fingerprint density at radius 3 is 2.80 bits per heavy atom. The average molecular weight is 368 g/mol. The van der Waals surface area contributed by atoms with Crippen molar-refractivity contribution in [1.82, 2.24) is 9.36 Å². The minimum Gasteiger partial charge on any atom is -0.457 e. The van der Waals surface area contributed by atoms with E-state index in [0.717, 1.165) is 17.1 Å². The van der Waals surface area contributed by atoms with Gasteiger partial charge in [-0.1, -0.05) is 42.1 Å². The molecule has 0 bridgehead atoms. The molecule has 0 unspecified atom stereocenters. The number of thioether (sulfide) groups is 1. The van der Waals surface area contributed by atoms with Crippen molar-refractivity contribution in [1.29, 1.82) is 5.26 Å². The SMILES string of the molecule is CSc1nsc(NC(=O)/C(C#N)=C\c2ccc(-c3ccccc3)o2)n1. The molecule has 1 N–H and O–H groups in total. The Morgan fingerprint density at radius 2 is 2.12 bits per heavy atom. The Labute approximate surface area is 152 Å². The Bertz CT molecular complexity index is 954. The number of furan rings is 1. The van der Waals surface area contributed by atoms with Crippen LogP contribution in [0.5, 0.6) is 0 Å². The first kappa shape index (κ1) is 17.0. The van der Waals surface area contributed by atoms with Crippen molar-refractivity contribution in [2.24, 2.45) is 0 Å².